The summed E-state index contributed by atoms with van der Waals surface area (Å²) in [5.41, 5.74) is 3.40. The van der Waals surface area contributed by atoms with Crippen molar-refractivity contribution in [3.05, 3.63) is 47.8 Å². The third kappa shape index (κ3) is 3.24. The highest BCUT2D eigenvalue weighted by Crippen LogP contribution is 2.13. The molecule has 0 aliphatic rings. The summed E-state index contributed by atoms with van der Waals surface area (Å²) in [4.78, 5) is 0. The van der Waals surface area contributed by atoms with Crippen LogP contribution >= 0.6 is 11.6 Å². The van der Waals surface area contributed by atoms with Gasteiger partial charge in [0, 0.05) is 36.4 Å². The summed E-state index contributed by atoms with van der Waals surface area (Å²) in [7, 11) is 0. The van der Waals surface area contributed by atoms with Gasteiger partial charge in [-0.3, -0.25) is 4.68 Å². The van der Waals surface area contributed by atoms with E-state index in [2.05, 4.69) is 29.6 Å². The van der Waals surface area contributed by atoms with Gasteiger partial charge in [0.1, 0.15) is 0 Å². The molecule has 0 fully saturated rings. The zero-order valence-electron chi connectivity index (χ0n) is 9.86. The smallest absolute Gasteiger partial charge is 0.0539 e. The van der Waals surface area contributed by atoms with Crippen molar-refractivity contribution in [2.75, 3.05) is 5.32 Å². The molecule has 2 aromatic rings. The number of aryl methyl sites for hydroxylation is 1. The van der Waals surface area contributed by atoms with E-state index >= 15 is 0 Å². The topological polar surface area (TPSA) is 29.9 Å². The molecule has 0 spiro atoms. The number of halogens is 1. The first kappa shape index (κ1) is 12.0. The van der Waals surface area contributed by atoms with Gasteiger partial charge in [-0.15, -0.1) is 11.6 Å². The van der Waals surface area contributed by atoms with E-state index in [1.165, 1.54) is 5.56 Å². The van der Waals surface area contributed by atoms with Crippen LogP contribution in [0.2, 0.25) is 0 Å². The van der Waals surface area contributed by atoms with E-state index in [0.717, 1.165) is 24.3 Å². The molecule has 3 nitrogen and oxygen atoms in total. The summed E-state index contributed by atoms with van der Waals surface area (Å²) >= 11 is 5.80. The van der Waals surface area contributed by atoms with Gasteiger partial charge < -0.3 is 5.32 Å². The fraction of sp³-hybridized carbons (Fsp3) is 0.308. The Morgan fingerprint density at radius 3 is 2.94 bits per heavy atom. The summed E-state index contributed by atoms with van der Waals surface area (Å²) in [6, 6.07) is 8.14. The first-order valence-corrected chi connectivity index (χ1v) is 6.25. The molecule has 0 aliphatic carbocycles. The van der Waals surface area contributed by atoms with Gasteiger partial charge in [0.2, 0.25) is 0 Å². The summed E-state index contributed by atoms with van der Waals surface area (Å²) in [6.45, 7) is 3.77. The van der Waals surface area contributed by atoms with Crippen molar-refractivity contribution in [3.63, 3.8) is 0 Å². The molecule has 1 aromatic heterocycles. The molecule has 0 saturated heterocycles. The fourth-order valence-corrected chi connectivity index (χ4v) is 1.81. The fourth-order valence-electron chi connectivity index (χ4n) is 1.64. The van der Waals surface area contributed by atoms with Crippen molar-refractivity contribution >= 4 is 17.3 Å². The predicted molar refractivity (Wildman–Crippen MR) is 71.2 cm³/mol. The highest BCUT2D eigenvalue weighted by atomic mass is 35.5. The number of anilines is 1. The number of rotatable bonds is 5. The van der Waals surface area contributed by atoms with Gasteiger partial charge >= 0.3 is 0 Å². The van der Waals surface area contributed by atoms with Gasteiger partial charge in [-0.1, -0.05) is 12.1 Å². The standard InChI is InChI=1S/C13H16ClN3/c1-2-17-10-12(9-16-17)8-15-13-5-3-4-11(6-13)7-14/h3-6,9-10,15H,2,7-8H2,1H3. The number of hydrogen-bond donors (Lipinski definition) is 1. The molecule has 1 heterocycles. The predicted octanol–water partition coefficient (Wildman–Crippen LogP) is 3.25. The maximum absolute atomic E-state index is 5.80. The third-order valence-corrected chi connectivity index (χ3v) is 2.90. The monoisotopic (exact) mass is 249 g/mol. The van der Waals surface area contributed by atoms with Crippen LogP contribution in [0.1, 0.15) is 18.1 Å². The zero-order valence-corrected chi connectivity index (χ0v) is 10.6. The SMILES string of the molecule is CCn1cc(CNc2cccc(CCl)c2)cn1. The van der Waals surface area contributed by atoms with Crippen molar-refractivity contribution in [3.8, 4) is 0 Å². The Kier molecular flexibility index (Phi) is 4.04. The largest absolute Gasteiger partial charge is 0.381 e. The van der Waals surface area contributed by atoms with E-state index in [9.17, 15) is 0 Å². The molecule has 17 heavy (non-hydrogen) atoms. The van der Waals surface area contributed by atoms with E-state index in [1.54, 1.807) is 0 Å². The van der Waals surface area contributed by atoms with E-state index < -0.39 is 0 Å². The summed E-state index contributed by atoms with van der Waals surface area (Å²) < 4.78 is 1.92. The molecular weight excluding hydrogens is 234 g/mol. The van der Waals surface area contributed by atoms with Crippen LogP contribution < -0.4 is 5.32 Å². The second-order valence-electron chi connectivity index (χ2n) is 3.89. The first-order valence-electron chi connectivity index (χ1n) is 5.72. The molecule has 90 valence electrons. The summed E-state index contributed by atoms with van der Waals surface area (Å²) in [5, 5.41) is 7.60. The Morgan fingerprint density at radius 1 is 1.35 bits per heavy atom. The van der Waals surface area contributed by atoms with E-state index in [4.69, 9.17) is 11.6 Å². The number of alkyl halides is 1. The zero-order chi connectivity index (χ0) is 12.1. The molecule has 2 rings (SSSR count). The number of benzene rings is 1. The average molecular weight is 250 g/mol. The van der Waals surface area contributed by atoms with Crippen LogP contribution in [0.25, 0.3) is 0 Å². The molecule has 4 heteroatoms. The van der Waals surface area contributed by atoms with E-state index in [1.807, 2.05) is 29.1 Å². The number of hydrogen-bond acceptors (Lipinski definition) is 2. The Balaban J connectivity index is 1.96. The van der Waals surface area contributed by atoms with Crippen LogP contribution in [0.15, 0.2) is 36.7 Å². The number of nitrogens with zero attached hydrogens (tertiary/aromatic N) is 2. The summed E-state index contributed by atoms with van der Waals surface area (Å²) in [6.07, 6.45) is 3.94. The Labute approximate surface area is 106 Å². The first-order chi connectivity index (χ1) is 8.31. The van der Waals surface area contributed by atoms with Gasteiger partial charge in [0.05, 0.1) is 6.20 Å². The maximum Gasteiger partial charge on any atom is 0.0539 e. The normalized spacial score (nSPS) is 10.5. The lowest BCUT2D eigenvalue weighted by Crippen LogP contribution is -1.99. The molecular formula is C13H16ClN3. The highest BCUT2D eigenvalue weighted by Gasteiger charge is 1.98. The van der Waals surface area contributed by atoms with E-state index in [-0.39, 0.29) is 0 Å². The maximum atomic E-state index is 5.80. The minimum absolute atomic E-state index is 0.545. The van der Waals surface area contributed by atoms with Crippen molar-refractivity contribution in [1.82, 2.24) is 9.78 Å². The van der Waals surface area contributed by atoms with Crippen LogP contribution in [0.3, 0.4) is 0 Å². The molecule has 0 unspecified atom stereocenters. The number of nitrogens with one attached hydrogen (secondary N) is 1. The second-order valence-corrected chi connectivity index (χ2v) is 4.16. The quantitative estimate of drug-likeness (QED) is 0.825. The van der Waals surface area contributed by atoms with Crippen molar-refractivity contribution in [2.24, 2.45) is 0 Å². The van der Waals surface area contributed by atoms with Crippen LogP contribution in [0.4, 0.5) is 5.69 Å². The van der Waals surface area contributed by atoms with Crippen LogP contribution in [-0.2, 0) is 19.0 Å². The van der Waals surface area contributed by atoms with Gasteiger partial charge in [0.15, 0.2) is 0 Å². The van der Waals surface area contributed by atoms with Gasteiger partial charge in [-0.25, -0.2) is 0 Å². The summed E-state index contributed by atoms with van der Waals surface area (Å²) in [5.74, 6) is 0.545. The van der Waals surface area contributed by atoms with Gasteiger partial charge in [-0.2, -0.15) is 5.10 Å². The van der Waals surface area contributed by atoms with Crippen molar-refractivity contribution < 1.29 is 0 Å². The molecule has 0 radical (unpaired) electrons. The molecule has 0 amide bonds. The molecule has 0 saturated carbocycles. The Morgan fingerprint density at radius 2 is 2.24 bits per heavy atom. The van der Waals surface area contributed by atoms with E-state index in [0.29, 0.717) is 5.88 Å². The minimum atomic E-state index is 0.545. The highest BCUT2D eigenvalue weighted by molar-refractivity contribution is 6.17. The Hall–Kier alpha value is -1.48. The van der Waals surface area contributed by atoms with Gasteiger partial charge in [0.25, 0.3) is 0 Å². The van der Waals surface area contributed by atoms with Crippen molar-refractivity contribution in [1.29, 1.82) is 0 Å². The Bertz CT molecular complexity index is 479. The van der Waals surface area contributed by atoms with Crippen molar-refractivity contribution in [2.45, 2.75) is 25.9 Å². The molecule has 1 aromatic carbocycles. The molecule has 0 bridgehead atoms. The lowest BCUT2D eigenvalue weighted by atomic mass is 10.2. The molecule has 1 N–H and O–H groups in total. The number of aromatic nitrogens is 2. The van der Waals surface area contributed by atoms with Crippen LogP contribution in [0, 0.1) is 0 Å². The second kappa shape index (κ2) is 5.73. The van der Waals surface area contributed by atoms with Crippen LogP contribution in [-0.4, -0.2) is 9.78 Å². The molecule has 0 atom stereocenters. The van der Waals surface area contributed by atoms with Gasteiger partial charge in [-0.05, 0) is 24.6 Å². The lowest BCUT2D eigenvalue weighted by Gasteiger charge is -2.05. The lowest BCUT2D eigenvalue weighted by molar-refractivity contribution is 0.659. The average Bonchev–Trinajstić information content (AvgIpc) is 2.84. The molecule has 0 aliphatic heterocycles. The van der Waals surface area contributed by atoms with Crippen LogP contribution in [0.5, 0.6) is 0 Å². The minimum Gasteiger partial charge on any atom is -0.381 e. The third-order valence-electron chi connectivity index (χ3n) is 2.59.